The Hall–Kier alpha value is -0.860. The van der Waals surface area contributed by atoms with E-state index in [9.17, 15) is 9.59 Å². The maximum atomic E-state index is 11.1. The maximum Gasteiger partial charge on any atom is 0.229 e. The molecule has 2 atom stereocenters. The summed E-state index contributed by atoms with van der Waals surface area (Å²) in [5.74, 6) is 0.162. The summed E-state index contributed by atoms with van der Waals surface area (Å²) in [7, 11) is 0. The van der Waals surface area contributed by atoms with Crippen molar-refractivity contribution < 1.29 is 9.59 Å². The van der Waals surface area contributed by atoms with E-state index in [0.29, 0.717) is 0 Å². The van der Waals surface area contributed by atoms with Crippen molar-refractivity contribution in [2.24, 2.45) is 11.8 Å². The van der Waals surface area contributed by atoms with Crippen molar-refractivity contribution in [3.8, 4) is 0 Å². The predicted octanol–water partition coefficient (Wildman–Crippen LogP) is 0.449. The Bertz CT molecular complexity index is 192. The van der Waals surface area contributed by atoms with Gasteiger partial charge in [0, 0.05) is 11.8 Å². The van der Waals surface area contributed by atoms with Crippen molar-refractivity contribution in [2.45, 2.75) is 25.7 Å². The third-order valence-corrected chi connectivity index (χ3v) is 2.66. The van der Waals surface area contributed by atoms with Crippen LogP contribution in [-0.2, 0) is 9.59 Å². The highest BCUT2D eigenvalue weighted by molar-refractivity contribution is 6.00. The average molecular weight is 153 g/mol. The Labute approximate surface area is 65.2 Å². The summed E-state index contributed by atoms with van der Waals surface area (Å²) in [4.78, 5) is 22.2. The number of carbonyl (C=O) groups excluding carboxylic acids is 2. The van der Waals surface area contributed by atoms with Crippen LogP contribution >= 0.6 is 0 Å². The Morgan fingerprint density at radius 3 is 2.18 bits per heavy atom. The van der Waals surface area contributed by atoms with Crippen LogP contribution in [0.15, 0.2) is 0 Å². The SMILES string of the molecule is O=C1NC(=O)[C@H]2CCC[C@@H]1C2. The number of imide groups is 1. The van der Waals surface area contributed by atoms with Crippen LogP contribution in [0.1, 0.15) is 25.7 Å². The molecular formula is C8H11NO2. The first kappa shape index (κ1) is 6.83. The molecule has 0 radical (unpaired) electrons. The zero-order valence-corrected chi connectivity index (χ0v) is 6.30. The molecule has 1 saturated heterocycles. The van der Waals surface area contributed by atoms with Crippen LogP contribution in [0.5, 0.6) is 0 Å². The minimum absolute atomic E-state index is 0.0500. The number of nitrogens with one attached hydrogen (secondary N) is 1. The van der Waals surface area contributed by atoms with E-state index in [1.807, 2.05) is 0 Å². The molecule has 11 heavy (non-hydrogen) atoms. The molecule has 0 unspecified atom stereocenters. The van der Waals surface area contributed by atoms with Crippen molar-refractivity contribution in [2.75, 3.05) is 0 Å². The second-order valence-electron chi connectivity index (χ2n) is 3.41. The van der Waals surface area contributed by atoms with Crippen LogP contribution in [0.4, 0.5) is 0 Å². The van der Waals surface area contributed by atoms with Gasteiger partial charge in [-0.3, -0.25) is 14.9 Å². The minimum atomic E-state index is -0.0500. The zero-order valence-electron chi connectivity index (χ0n) is 6.30. The fourth-order valence-corrected chi connectivity index (χ4v) is 1.99. The normalized spacial score (nSPS) is 36.7. The molecule has 1 saturated carbocycles. The van der Waals surface area contributed by atoms with E-state index in [1.54, 1.807) is 0 Å². The summed E-state index contributed by atoms with van der Waals surface area (Å²) in [6.07, 6.45) is 3.77. The largest absolute Gasteiger partial charge is 0.296 e. The van der Waals surface area contributed by atoms with Gasteiger partial charge in [-0.1, -0.05) is 6.42 Å². The van der Waals surface area contributed by atoms with Gasteiger partial charge < -0.3 is 0 Å². The van der Waals surface area contributed by atoms with Crippen LogP contribution in [0.25, 0.3) is 0 Å². The number of hydrogen-bond donors (Lipinski definition) is 1. The molecule has 3 heteroatoms. The van der Waals surface area contributed by atoms with Gasteiger partial charge in [0.1, 0.15) is 0 Å². The standard InChI is InChI=1S/C8H11NO2/c10-7-5-2-1-3-6(4-5)8(11)9-7/h5-6H,1-4H2,(H,9,10,11)/t5-,6+. The molecule has 1 N–H and O–H groups in total. The van der Waals surface area contributed by atoms with Gasteiger partial charge in [0.05, 0.1) is 0 Å². The van der Waals surface area contributed by atoms with Crippen LogP contribution in [-0.4, -0.2) is 11.8 Å². The van der Waals surface area contributed by atoms with Crippen LogP contribution in [0.3, 0.4) is 0 Å². The summed E-state index contributed by atoms with van der Waals surface area (Å²) in [5.41, 5.74) is 0. The summed E-state index contributed by atoms with van der Waals surface area (Å²) < 4.78 is 0. The third-order valence-electron chi connectivity index (χ3n) is 2.66. The van der Waals surface area contributed by atoms with Crippen molar-refractivity contribution in [3.63, 3.8) is 0 Å². The fraction of sp³-hybridized carbons (Fsp3) is 0.750. The summed E-state index contributed by atoms with van der Waals surface area (Å²) in [6.45, 7) is 0. The molecule has 0 aromatic rings. The van der Waals surface area contributed by atoms with Gasteiger partial charge in [-0.15, -0.1) is 0 Å². The van der Waals surface area contributed by atoms with Crippen molar-refractivity contribution in [1.29, 1.82) is 0 Å². The predicted molar refractivity (Wildman–Crippen MR) is 38.6 cm³/mol. The lowest BCUT2D eigenvalue weighted by Gasteiger charge is -2.32. The van der Waals surface area contributed by atoms with Crippen molar-refractivity contribution >= 4 is 11.8 Å². The maximum absolute atomic E-state index is 11.1. The molecule has 2 aliphatic rings. The monoisotopic (exact) mass is 153 g/mol. The highest BCUT2D eigenvalue weighted by atomic mass is 16.2. The smallest absolute Gasteiger partial charge is 0.229 e. The number of carbonyl (C=O) groups is 2. The van der Waals surface area contributed by atoms with Crippen molar-refractivity contribution in [1.82, 2.24) is 5.32 Å². The van der Waals surface area contributed by atoms with Crippen LogP contribution in [0, 0.1) is 11.8 Å². The summed E-state index contributed by atoms with van der Waals surface area (Å²) >= 11 is 0. The summed E-state index contributed by atoms with van der Waals surface area (Å²) in [6, 6.07) is 0. The molecule has 2 bridgehead atoms. The van der Waals surface area contributed by atoms with Gasteiger partial charge in [-0.25, -0.2) is 0 Å². The molecule has 2 fully saturated rings. The Kier molecular flexibility index (Phi) is 1.44. The van der Waals surface area contributed by atoms with Gasteiger partial charge >= 0.3 is 0 Å². The molecule has 1 aliphatic carbocycles. The topological polar surface area (TPSA) is 46.2 Å². The number of fused-ring (bicyclic) bond motifs is 2. The van der Waals surface area contributed by atoms with E-state index in [2.05, 4.69) is 5.32 Å². The third kappa shape index (κ3) is 1.04. The summed E-state index contributed by atoms with van der Waals surface area (Å²) in [5, 5.41) is 2.40. The molecule has 1 aliphatic heterocycles. The van der Waals surface area contributed by atoms with E-state index in [1.165, 1.54) is 0 Å². The Morgan fingerprint density at radius 1 is 1.09 bits per heavy atom. The zero-order chi connectivity index (χ0) is 7.84. The van der Waals surface area contributed by atoms with E-state index < -0.39 is 0 Å². The first-order chi connectivity index (χ1) is 5.27. The highest BCUT2D eigenvalue weighted by Crippen LogP contribution is 2.32. The lowest BCUT2D eigenvalue weighted by Crippen LogP contribution is -2.48. The molecule has 60 valence electrons. The number of hydrogen-bond acceptors (Lipinski definition) is 2. The quantitative estimate of drug-likeness (QED) is 0.513. The molecule has 0 aromatic carbocycles. The Balaban J connectivity index is 2.17. The first-order valence-corrected chi connectivity index (χ1v) is 4.12. The Morgan fingerprint density at radius 2 is 1.64 bits per heavy atom. The van der Waals surface area contributed by atoms with E-state index in [-0.39, 0.29) is 23.7 Å². The number of amides is 2. The van der Waals surface area contributed by atoms with Gasteiger partial charge in [0.25, 0.3) is 0 Å². The van der Waals surface area contributed by atoms with Crippen LogP contribution < -0.4 is 5.32 Å². The second-order valence-corrected chi connectivity index (χ2v) is 3.41. The molecular weight excluding hydrogens is 142 g/mol. The van der Waals surface area contributed by atoms with Gasteiger partial charge in [0.15, 0.2) is 0 Å². The average Bonchev–Trinajstić information content (AvgIpc) is 2.02. The second kappa shape index (κ2) is 2.32. The van der Waals surface area contributed by atoms with Crippen molar-refractivity contribution in [3.05, 3.63) is 0 Å². The van der Waals surface area contributed by atoms with Gasteiger partial charge in [0.2, 0.25) is 11.8 Å². The minimum Gasteiger partial charge on any atom is -0.296 e. The number of rotatable bonds is 0. The van der Waals surface area contributed by atoms with Gasteiger partial charge in [-0.05, 0) is 19.3 Å². The molecule has 2 amide bonds. The lowest BCUT2D eigenvalue weighted by atomic mass is 9.78. The molecule has 2 rings (SSSR count). The van der Waals surface area contributed by atoms with E-state index >= 15 is 0 Å². The fourth-order valence-electron chi connectivity index (χ4n) is 1.99. The van der Waals surface area contributed by atoms with E-state index in [0.717, 1.165) is 25.7 Å². The molecule has 0 aromatic heterocycles. The molecule has 0 spiro atoms. The first-order valence-electron chi connectivity index (χ1n) is 4.12. The van der Waals surface area contributed by atoms with Crippen LogP contribution in [0.2, 0.25) is 0 Å². The number of piperidine rings is 1. The van der Waals surface area contributed by atoms with E-state index in [4.69, 9.17) is 0 Å². The molecule has 3 nitrogen and oxygen atoms in total. The lowest BCUT2D eigenvalue weighted by molar-refractivity contribution is -0.141. The van der Waals surface area contributed by atoms with Gasteiger partial charge in [-0.2, -0.15) is 0 Å². The molecule has 1 heterocycles. The highest BCUT2D eigenvalue weighted by Gasteiger charge is 2.36.